The molecule has 0 bridgehead atoms. The zero-order valence-corrected chi connectivity index (χ0v) is 13.2. The summed E-state index contributed by atoms with van der Waals surface area (Å²) in [7, 11) is 1.30. The summed E-state index contributed by atoms with van der Waals surface area (Å²) in [6.45, 7) is 5.63. The second-order valence-corrected chi connectivity index (χ2v) is 6.18. The first-order valence-corrected chi connectivity index (χ1v) is 7.34. The van der Waals surface area contributed by atoms with Gasteiger partial charge in [-0.3, -0.25) is 9.59 Å². The van der Waals surface area contributed by atoms with Crippen molar-refractivity contribution in [1.29, 1.82) is 0 Å². The SMILES string of the molecule is COC(=O)C1CCCCN1C(=O)CC(C)(C(=O)O)C(C)C. The molecule has 0 aromatic rings. The van der Waals surface area contributed by atoms with Gasteiger partial charge in [0, 0.05) is 13.0 Å². The molecule has 1 saturated heterocycles. The van der Waals surface area contributed by atoms with Crippen molar-refractivity contribution in [3.8, 4) is 0 Å². The number of carbonyl (C=O) groups excluding carboxylic acids is 2. The topological polar surface area (TPSA) is 83.9 Å². The van der Waals surface area contributed by atoms with Crippen LogP contribution in [0, 0.1) is 11.3 Å². The lowest BCUT2D eigenvalue weighted by molar-refractivity contribution is -0.160. The fourth-order valence-electron chi connectivity index (χ4n) is 2.55. The number of nitrogens with zero attached hydrogens (tertiary/aromatic N) is 1. The van der Waals surface area contributed by atoms with Crippen LogP contribution < -0.4 is 0 Å². The minimum absolute atomic E-state index is 0.104. The molecule has 1 heterocycles. The van der Waals surface area contributed by atoms with Crippen molar-refractivity contribution in [2.24, 2.45) is 11.3 Å². The third-order valence-electron chi connectivity index (χ3n) is 4.58. The Kier molecular flexibility index (Phi) is 5.75. The Balaban J connectivity index is 2.89. The molecule has 2 unspecified atom stereocenters. The van der Waals surface area contributed by atoms with Crippen LogP contribution in [-0.2, 0) is 19.1 Å². The summed E-state index contributed by atoms with van der Waals surface area (Å²) < 4.78 is 4.75. The van der Waals surface area contributed by atoms with Gasteiger partial charge in [-0.1, -0.05) is 13.8 Å². The van der Waals surface area contributed by atoms with E-state index < -0.39 is 23.4 Å². The van der Waals surface area contributed by atoms with Crippen LogP contribution in [0.2, 0.25) is 0 Å². The van der Waals surface area contributed by atoms with Gasteiger partial charge in [-0.05, 0) is 32.1 Å². The Morgan fingerprint density at radius 1 is 1.33 bits per heavy atom. The fraction of sp³-hybridized carbons (Fsp3) is 0.800. The number of esters is 1. The second kappa shape index (κ2) is 6.91. The van der Waals surface area contributed by atoms with E-state index in [0.29, 0.717) is 13.0 Å². The van der Waals surface area contributed by atoms with Gasteiger partial charge in [-0.25, -0.2) is 4.79 Å². The summed E-state index contributed by atoms with van der Waals surface area (Å²) in [5.74, 6) is -1.88. The van der Waals surface area contributed by atoms with E-state index in [1.165, 1.54) is 12.0 Å². The van der Waals surface area contributed by atoms with Crippen LogP contribution in [0.5, 0.6) is 0 Å². The predicted molar refractivity (Wildman–Crippen MR) is 76.6 cm³/mol. The Labute approximate surface area is 125 Å². The van der Waals surface area contributed by atoms with Crippen LogP contribution in [0.1, 0.15) is 46.5 Å². The Morgan fingerprint density at radius 2 is 1.95 bits per heavy atom. The first-order valence-electron chi connectivity index (χ1n) is 7.34. The third-order valence-corrected chi connectivity index (χ3v) is 4.58. The summed E-state index contributed by atoms with van der Waals surface area (Å²) in [5.41, 5.74) is -1.13. The van der Waals surface area contributed by atoms with Gasteiger partial charge in [0.2, 0.25) is 5.91 Å². The third kappa shape index (κ3) is 3.74. The number of hydrogen-bond acceptors (Lipinski definition) is 4. The number of methoxy groups -OCH3 is 1. The molecule has 6 nitrogen and oxygen atoms in total. The molecule has 0 radical (unpaired) electrons. The summed E-state index contributed by atoms with van der Waals surface area (Å²) in [5, 5.41) is 9.41. The molecular formula is C15H25NO5. The number of carboxylic acids is 1. The van der Waals surface area contributed by atoms with Crippen molar-refractivity contribution in [3.63, 3.8) is 0 Å². The first-order chi connectivity index (χ1) is 9.74. The molecular weight excluding hydrogens is 274 g/mol. The summed E-state index contributed by atoms with van der Waals surface area (Å²) in [6.07, 6.45) is 2.16. The van der Waals surface area contributed by atoms with E-state index in [2.05, 4.69) is 0 Å². The van der Waals surface area contributed by atoms with Gasteiger partial charge in [0.05, 0.1) is 12.5 Å². The fourth-order valence-corrected chi connectivity index (χ4v) is 2.55. The normalized spacial score (nSPS) is 21.8. The Morgan fingerprint density at radius 3 is 2.43 bits per heavy atom. The predicted octanol–water partition coefficient (Wildman–Crippen LogP) is 1.68. The lowest BCUT2D eigenvalue weighted by Gasteiger charge is -2.37. The Bertz CT molecular complexity index is 420. The van der Waals surface area contributed by atoms with E-state index in [0.717, 1.165) is 12.8 Å². The molecule has 1 amide bonds. The lowest BCUT2D eigenvalue weighted by atomic mass is 9.76. The number of aliphatic carboxylic acids is 1. The van der Waals surface area contributed by atoms with Crippen LogP contribution in [0.25, 0.3) is 0 Å². The highest BCUT2D eigenvalue weighted by molar-refractivity contribution is 5.88. The highest BCUT2D eigenvalue weighted by Gasteiger charge is 2.42. The van der Waals surface area contributed by atoms with Crippen molar-refractivity contribution in [1.82, 2.24) is 4.90 Å². The maximum atomic E-state index is 12.5. The minimum atomic E-state index is -1.13. The van der Waals surface area contributed by atoms with Gasteiger partial charge in [0.15, 0.2) is 0 Å². The van der Waals surface area contributed by atoms with Gasteiger partial charge < -0.3 is 14.7 Å². The van der Waals surface area contributed by atoms with Gasteiger partial charge >= 0.3 is 11.9 Å². The maximum absolute atomic E-state index is 12.5. The minimum Gasteiger partial charge on any atom is -0.481 e. The molecule has 0 saturated carbocycles. The van der Waals surface area contributed by atoms with Gasteiger partial charge in [-0.15, -0.1) is 0 Å². The quantitative estimate of drug-likeness (QED) is 0.781. The van der Waals surface area contributed by atoms with Gasteiger partial charge in [0.25, 0.3) is 0 Å². The highest BCUT2D eigenvalue weighted by Crippen LogP contribution is 2.33. The second-order valence-electron chi connectivity index (χ2n) is 6.18. The van der Waals surface area contributed by atoms with Crippen LogP contribution in [0.15, 0.2) is 0 Å². The van der Waals surface area contributed by atoms with E-state index in [1.54, 1.807) is 20.8 Å². The van der Waals surface area contributed by atoms with Crippen molar-refractivity contribution in [2.45, 2.75) is 52.5 Å². The van der Waals surface area contributed by atoms with E-state index in [9.17, 15) is 19.5 Å². The number of carboxylic acid groups (broad SMARTS) is 1. The molecule has 120 valence electrons. The number of carbonyl (C=O) groups is 3. The maximum Gasteiger partial charge on any atom is 0.328 e. The highest BCUT2D eigenvalue weighted by atomic mass is 16.5. The molecule has 1 N–H and O–H groups in total. The van der Waals surface area contributed by atoms with E-state index >= 15 is 0 Å². The monoisotopic (exact) mass is 299 g/mol. The van der Waals surface area contributed by atoms with Crippen molar-refractivity contribution in [2.75, 3.05) is 13.7 Å². The standard InChI is InChI=1S/C15H25NO5/c1-10(2)15(3,14(19)20)9-12(17)16-8-6-5-7-11(16)13(18)21-4/h10-11H,5-9H2,1-4H3,(H,19,20). The largest absolute Gasteiger partial charge is 0.481 e. The lowest BCUT2D eigenvalue weighted by Crippen LogP contribution is -2.50. The van der Waals surface area contributed by atoms with Gasteiger partial charge in [-0.2, -0.15) is 0 Å². The van der Waals surface area contributed by atoms with Crippen LogP contribution in [-0.4, -0.2) is 47.5 Å². The van der Waals surface area contributed by atoms with Gasteiger partial charge in [0.1, 0.15) is 6.04 Å². The van der Waals surface area contributed by atoms with E-state index in [-0.39, 0.29) is 18.2 Å². The molecule has 2 atom stereocenters. The van der Waals surface area contributed by atoms with Crippen molar-refractivity contribution >= 4 is 17.8 Å². The van der Waals surface area contributed by atoms with Crippen molar-refractivity contribution < 1.29 is 24.2 Å². The average Bonchev–Trinajstić information content (AvgIpc) is 2.45. The summed E-state index contributed by atoms with van der Waals surface area (Å²) in [4.78, 5) is 37.3. The zero-order chi connectivity index (χ0) is 16.2. The number of ether oxygens (including phenoxy) is 1. The number of piperidine rings is 1. The number of rotatable bonds is 5. The smallest absolute Gasteiger partial charge is 0.328 e. The first kappa shape index (κ1) is 17.5. The molecule has 0 aromatic heterocycles. The zero-order valence-electron chi connectivity index (χ0n) is 13.2. The molecule has 1 rings (SSSR count). The number of hydrogen-bond donors (Lipinski definition) is 1. The average molecular weight is 299 g/mol. The molecule has 0 spiro atoms. The molecule has 1 fully saturated rings. The molecule has 0 aromatic carbocycles. The molecule has 1 aliphatic heterocycles. The van der Waals surface area contributed by atoms with Crippen LogP contribution in [0.3, 0.4) is 0 Å². The molecule has 1 aliphatic rings. The van der Waals surface area contributed by atoms with Crippen LogP contribution in [0.4, 0.5) is 0 Å². The molecule has 6 heteroatoms. The molecule has 0 aliphatic carbocycles. The molecule has 21 heavy (non-hydrogen) atoms. The Hall–Kier alpha value is -1.59. The number of likely N-dealkylation sites (tertiary alicyclic amines) is 1. The van der Waals surface area contributed by atoms with Crippen LogP contribution >= 0.6 is 0 Å². The number of amides is 1. The van der Waals surface area contributed by atoms with E-state index in [4.69, 9.17) is 4.74 Å². The summed E-state index contributed by atoms with van der Waals surface area (Å²) >= 11 is 0. The van der Waals surface area contributed by atoms with E-state index in [1.807, 2.05) is 0 Å². The summed E-state index contributed by atoms with van der Waals surface area (Å²) in [6, 6.07) is -0.582. The van der Waals surface area contributed by atoms with Crippen molar-refractivity contribution in [3.05, 3.63) is 0 Å².